The number of nitrogens with two attached hydrogens (primary N) is 1. The van der Waals surface area contributed by atoms with E-state index in [-0.39, 0.29) is 12.4 Å². The van der Waals surface area contributed by atoms with Crippen LogP contribution in [0.2, 0.25) is 0 Å². The fraction of sp³-hybridized carbons (Fsp3) is 0.0909. The molecule has 0 atom stereocenters. The molecule has 0 saturated carbocycles. The lowest BCUT2D eigenvalue weighted by Gasteiger charge is -2.06. The highest BCUT2D eigenvalue weighted by molar-refractivity contribution is 5.98. The SMILES string of the molecule is Cc1cc(O)c2ccccc2c1N.Cl. The number of rotatable bonds is 0. The summed E-state index contributed by atoms with van der Waals surface area (Å²) in [5.74, 6) is 0.294. The Hall–Kier alpha value is -1.41. The average Bonchev–Trinajstić information content (AvgIpc) is 2.15. The number of hydrogen-bond acceptors (Lipinski definition) is 2. The Morgan fingerprint density at radius 1 is 1.14 bits per heavy atom. The molecule has 0 saturated heterocycles. The van der Waals surface area contributed by atoms with Crippen LogP contribution in [0, 0.1) is 6.92 Å². The smallest absolute Gasteiger partial charge is 0.123 e. The second-order valence-electron chi connectivity index (χ2n) is 3.17. The summed E-state index contributed by atoms with van der Waals surface area (Å²) < 4.78 is 0. The molecule has 0 amide bonds. The van der Waals surface area contributed by atoms with E-state index in [1.807, 2.05) is 31.2 Å². The summed E-state index contributed by atoms with van der Waals surface area (Å²) >= 11 is 0. The molecule has 3 N–H and O–H groups in total. The average molecular weight is 210 g/mol. The van der Waals surface area contributed by atoms with Crippen molar-refractivity contribution in [2.45, 2.75) is 6.92 Å². The Labute approximate surface area is 88.8 Å². The normalized spacial score (nSPS) is 9.79. The van der Waals surface area contributed by atoms with Crippen molar-refractivity contribution in [1.29, 1.82) is 0 Å². The van der Waals surface area contributed by atoms with Crippen LogP contribution in [-0.2, 0) is 0 Å². The summed E-state index contributed by atoms with van der Waals surface area (Å²) in [7, 11) is 0. The van der Waals surface area contributed by atoms with Crippen molar-refractivity contribution < 1.29 is 5.11 Å². The third kappa shape index (κ3) is 1.49. The van der Waals surface area contributed by atoms with E-state index in [1.165, 1.54) is 0 Å². The number of phenolic OH excluding ortho intramolecular Hbond substituents is 1. The van der Waals surface area contributed by atoms with E-state index in [9.17, 15) is 5.11 Å². The number of aromatic hydroxyl groups is 1. The predicted octanol–water partition coefficient (Wildman–Crippen LogP) is 2.86. The van der Waals surface area contributed by atoms with Crippen LogP contribution in [0.15, 0.2) is 30.3 Å². The van der Waals surface area contributed by atoms with Crippen molar-refractivity contribution in [3.05, 3.63) is 35.9 Å². The van der Waals surface area contributed by atoms with E-state index < -0.39 is 0 Å². The minimum atomic E-state index is 0. The van der Waals surface area contributed by atoms with E-state index in [2.05, 4.69) is 0 Å². The lowest BCUT2D eigenvalue weighted by molar-refractivity contribution is 0.481. The molecule has 2 aromatic carbocycles. The van der Waals surface area contributed by atoms with E-state index in [1.54, 1.807) is 6.07 Å². The maximum atomic E-state index is 9.62. The molecule has 0 fully saturated rings. The standard InChI is InChI=1S/C11H11NO.ClH/c1-7-6-10(13)8-4-2-3-5-9(8)11(7)12;/h2-6,13H,12H2,1H3;1H. The van der Waals surface area contributed by atoms with Crippen LogP contribution in [0.25, 0.3) is 10.8 Å². The molecule has 3 heteroatoms. The first-order valence-corrected chi connectivity index (χ1v) is 4.17. The maximum absolute atomic E-state index is 9.62. The van der Waals surface area contributed by atoms with Crippen LogP contribution in [-0.4, -0.2) is 5.11 Å². The van der Waals surface area contributed by atoms with Gasteiger partial charge in [0.1, 0.15) is 5.75 Å². The maximum Gasteiger partial charge on any atom is 0.123 e. The number of fused-ring (bicyclic) bond motifs is 1. The molecule has 0 radical (unpaired) electrons. The zero-order valence-corrected chi connectivity index (χ0v) is 8.64. The zero-order chi connectivity index (χ0) is 9.42. The Balaban J connectivity index is 0.000000980. The summed E-state index contributed by atoms with van der Waals surface area (Å²) in [6, 6.07) is 9.27. The van der Waals surface area contributed by atoms with Gasteiger partial charge in [-0.05, 0) is 18.6 Å². The van der Waals surface area contributed by atoms with Crippen LogP contribution >= 0.6 is 12.4 Å². The molecule has 2 aromatic rings. The molecule has 14 heavy (non-hydrogen) atoms. The second kappa shape index (κ2) is 3.76. The number of anilines is 1. The first-order valence-electron chi connectivity index (χ1n) is 4.17. The van der Waals surface area contributed by atoms with Crippen molar-refractivity contribution >= 4 is 28.9 Å². The fourth-order valence-corrected chi connectivity index (χ4v) is 1.51. The van der Waals surface area contributed by atoms with Crippen molar-refractivity contribution in [3.8, 4) is 5.75 Å². The van der Waals surface area contributed by atoms with Gasteiger partial charge in [0.2, 0.25) is 0 Å². The van der Waals surface area contributed by atoms with E-state index >= 15 is 0 Å². The minimum Gasteiger partial charge on any atom is -0.507 e. The van der Waals surface area contributed by atoms with Crippen LogP contribution in [0.4, 0.5) is 5.69 Å². The molecule has 74 valence electrons. The van der Waals surface area contributed by atoms with Crippen LogP contribution in [0.3, 0.4) is 0 Å². The van der Waals surface area contributed by atoms with Crippen molar-refractivity contribution in [2.24, 2.45) is 0 Å². The Morgan fingerprint density at radius 3 is 2.36 bits per heavy atom. The van der Waals surface area contributed by atoms with E-state index in [0.717, 1.165) is 22.0 Å². The summed E-state index contributed by atoms with van der Waals surface area (Å²) in [6.07, 6.45) is 0. The monoisotopic (exact) mass is 209 g/mol. The minimum absolute atomic E-state index is 0. The largest absolute Gasteiger partial charge is 0.507 e. The molecule has 0 aliphatic carbocycles. The van der Waals surface area contributed by atoms with Crippen LogP contribution < -0.4 is 5.73 Å². The lowest BCUT2D eigenvalue weighted by atomic mass is 10.0. The molecule has 0 aliphatic heterocycles. The Morgan fingerprint density at radius 2 is 1.71 bits per heavy atom. The highest BCUT2D eigenvalue weighted by atomic mass is 35.5. The highest BCUT2D eigenvalue weighted by Crippen LogP contribution is 2.31. The quantitative estimate of drug-likeness (QED) is 0.518. The molecule has 2 nitrogen and oxygen atoms in total. The number of nitrogen functional groups attached to an aromatic ring is 1. The number of aryl methyl sites for hydroxylation is 1. The van der Waals surface area contributed by atoms with E-state index in [4.69, 9.17) is 5.73 Å². The molecule has 0 spiro atoms. The van der Waals surface area contributed by atoms with Gasteiger partial charge in [0.15, 0.2) is 0 Å². The van der Waals surface area contributed by atoms with Gasteiger partial charge in [-0.25, -0.2) is 0 Å². The van der Waals surface area contributed by atoms with Gasteiger partial charge in [0.25, 0.3) is 0 Å². The molecule has 0 heterocycles. The van der Waals surface area contributed by atoms with Crippen molar-refractivity contribution in [1.82, 2.24) is 0 Å². The topological polar surface area (TPSA) is 46.2 Å². The Bertz CT molecular complexity index is 468. The molecule has 2 rings (SSSR count). The summed E-state index contributed by atoms with van der Waals surface area (Å²) in [6.45, 7) is 1.89. The summed E-state index contributed by atoms with van der Waals surface area (Å²) in [5, 5.41) is 11.3. The van der Waals surface area contributed by atoms with Gasteiger partial charge >= 0.3 is 0 Å². The first kappa shape index (κ1) is 10.7. The van der Waals surface area contributed by atoms with Crippen LogP contribution in [0.1, 0.15) is 5.56 Å². The second-order valence-corrected chi connectivity index (χ2v) is 3.17. The molecule has 0 bridgehead atoms. The van der Waals surface area contributed by atoms with E-state index in [0.29, 0.717) is 5.75 Å². The van der Waals surface area contributed by atoms with Crippen LogP contribution in [0.5, 0.6) is 5.75 Å². The molecule has 0 aliphatic rings. The summed E-state index contributed by atoms with van der Waals surface area (Å²) in [4.78, 5) is 0. The van der Waals surface area contributed by atoms with Gasteiger partial charge in [-0.3, -0.25) is 0 Å². The number of hydrogen-bond donors (Lipinski definition) is 2. The zero-order valence-electron chi connectivity index (χ0n) is 7.82. The van der Waals surface area contributed by atoms with Gasteiger partial charge in [0.05, 0.1) is 0 Å². The van der Waals surface area contributed by atoms with Gasteiger partial charge in [0, 0.05) is 16.5 Å². The molecule has 0 aromatic heterocycles. The molecule has 0 unspecified atom stereocenters. The fourth-order valence-electron chi connectivity index (χ4n) is 1.51. The third-order valence-electron chi connectivity index (χ3n) is 2.27. The molecular formula is C11H12ClNO. The molecular weight excluding hydrogens is 198 g/mol. The lowest BCUT2D eigenvalue weighted by Crippen LogP contribution is -1.91. The number of phenols is 1. The Kier molecular flexibility index (Phi) is 2.87. The van der Waals surface area contributed by atoms with Gasteiger partial charge in [-0.1, -0.05) is 24.3 Å². The van der Waals surface area contributed by atoms with Crippen molar-refractivity contribution in [2.75, 3.05) is 5.73 Å². The number of benzene rings is 2. The summed E-state index contributed by atoms with van der Waals surface area (Å²) in [5.41, 5.74) is 7.53. The highest BCUT2D eigenvalue weighted by Gasteiger charge is 2.04. The van der Waals surface area contributed by atoms with Crippen molar-refractivity contribution in [3.63, 3.8) is 0 Å². The number of halogens is 1. The van der Waals surface area contributed by atoms with Gasteiger partial charge in [-0.15, -0.1) is 12.4 Å². The van der Waals surface area contributed by atoms with Gasteiger partial charge < -0.3 is 10.8 Å². The van der Waals surface area contributed by atoms with Gasteiger partial charge in [-0.2, -0.15) is 0 Å². The first-order chi connectivity index (χ1) is 6.20. The predicted molar refractivity (Wildman–Crippen MR) is 62.0 cm³/mol. The third-order valence-corrected chi connectivity index (χ3v) is 2.27.